The molecular formula is C15H18N2O. The van der Waals surface area contributed by atoms with Crippen molar-refractivity contribution >= 4 is 6.08 Å². The number of rotatable bonds is 3. The molecule has 3 rings (SSSR count). The summed E-state index contributed by atoms with van der Waals surface area (Å²) in [6.07, 6.45) is 4.88. The summed E-state index contributed by atoms with van der Waals surface area (Å²) in [5, 5.41) is 0. The largest absolute Gasteiger partial charge is 0.305 e. The number of aliphatic imine (C=N–C) groups is 1. The summed E-state index contributed by atoms with van der Waals surface area (Å²) in [5.41, 5.74) is 2.33. The van der Waals surface area contributed by atoms with E-state index in [9.17, 15) is 4.79 Å². The van der Waals surface area contributed by atoms with Gasteiger partial charge in [-0.25, -0.2) is 4.79 Å². The highest BCUT2D eigenvalue weighted by molar-refractivity contribution is 5.41. The van der Waals surface area contributed by atoms with Gasteiger partial charge in [-0.1, -0.05) is 24.3 Å². The maximum absolute atomic E-state index is 10.6. The zero-order valence-corrected chi connectivity index (χ0v) is 10.7. The summed E-state index contributed by atoms with van der Waals surface area (Å²) in [5.74, 6) is 0.646. The third kappa shape index (κ3) is 1.80. The molecule has 0 bridgehead atoms. The maximum atomic E-state index is 10.6. The Morgan fingerprint density at radius 3 is 2.72 bits per heavy atom. The van der Waals surface area contributed by atoms with Gasteiger partial charge in [0, 0.05) is 19.0 Å². The molecule has 1 aliphatic carbocycles. The summed E-state index contributed by atoms with van der Waals surface area (Å²) in [4.78, 5) is 17.0. The van der Waals surface area contributed by atoms with Crippen molar-refractivity contribution in [1.82, 2.24) is 4.90 Å². The van der Waals surface area contributed by atoms with E-state index in [0.29, 0.717) is 5.92 Å². The first-order chi connectivity index (χ1) is 8.73. The molecule has 0 N–H and O–H groups in total. The van der Waals surface area contributed by atoms with Crippen molar-refractivity contribution in [1.29, 1.82) is 0 Å². The molecule has 1 aromatic carbocycles. The average molecular weight is 242 g/mol. The summed E-state index contributed by atoms with van der Waals surface area (Å²) >= 11 is 0. The third-order valence-corrected chi connectivity index (χ3v) is 4.40. The van der Waals surface area contributed by atoms with Crippen molar-refractivity contribution < 1.29 is 4.79 Å². The molecule has 0 amide bonds. The quantitative estimate of drug-likeness (QED) is 0.602. The standard InChI is InChI=1S/C15H18N2O/c1-17-9-13(10-17)12-4-2-5-14(8-12)15(16-11-18)6-3-7-15/h2,4-5,8,13H,3,6-7,9-10H2,1H3. The Kier molecular flexibility index (Phi) is 2.81. The minimum atomic E-state index is -0.257. The smallest absolute Gasteiger partial charge is 0.235 e. The SMILES string of the molecule is CN1CC(c2cccc(C3(N=C=O)CCC3)c2)C1. The van der Waals surface area contributed by atoms with Gasteiger partial charge in [0.1, 0.15) is 0 Å². The zero-order chi connectivity index (χ0) is 12.6. The van der Waals surface area contributed by atoms with Crippen LogP contribution < -0.4 is 0 Å². The predicted octanol–water partition coefficient (Wildman–Crippen LogP) is 2.43. The van der Waals surface area contributed by atoms with Gasteiger partial charge < -0.3 is 4.90 Å². The molecule has 0 aromatic heterocycles. The first-order valence-corrected chi connectivity index (χ1v) is 6.61. The molecule has 0 unspecified atom stereocenters. The van der Waals surface area contributed by atoms with Crippen LogP contribution in [0.4, 0.5) is 0 Å². The molecule has 0 spiro atoms. The Morgan fingerprint density at radius 2 is 2.17 bits per heavy atom. The van der Waals surface area contributed by atoms with Gasteiger partial charge in [0.25, 0.3) is 0 Å². The lowest BCUT2D eigenvalue weighted by Crippen LogP contribution is -2.42. The lowest BCUT2D eigenvalue weighted by Gasteiger charge is -2.39. The second-order valence-electron chi connectivity index (χ2n) is 5.63. The maximum Gasteiger partial charge on any atom is 0.235 e. The van der Waals surface area contributed by atoms with Crippen LogP contribution in [-0.2, 0) is 10.3 Å². The summed E-state index contributed by atoms with van der Waals surface area (Å²) in [7, 11) is 2.14. The summed E-state index contributed by atoms with van der Waals surface area (Å²) in [6, 6.07) is 8.64. The molecule has 1 heterocycles. The van der Waals surface area contributed by atoms with E-state index in [1.807, 2.05) is 0 Å². The van der Waals surface area contributed by atoms with Gasteiger partial charge >= 0.3 is 0 Å². The number of carbonyl (C=O) groups excluding carboxylic acids is 1. The van der Waals surface area contributed by atoms with E-state index >= 15 is 0 Å². The average Bonchev–Trinajstić information content (AvgIpc) is 2.30. The first kappa shape index (κ1) is 11.6. The molecule has 94 valence electrons. The number of benzene rings is 1. The molecular weight excluding hydrogens is 224 g/mol. The monoisotopic (exact) mass is 242 g/mol. The summed E-state index contributed by atoms with van der Waals surface area (Å²) < 4.78 is 0. The van der Waals surface area contributed by atoms with Crippen molar-refractivity contribution in [2.75, 3.05) is 20.1 Å². The Hall–Kier alpha value is -1.44. The Morgan fingerprint density at radius 1 is 1.39 bits per heavy atom. The molecule has 1 saturated heterocycles. The van der Waals surface area contributed by atoms with Crippen molar-refractivity contribution in [3.05, 3.63) is 35.4 Å². The number of nitrogens with zero attached hydrogens (tertiary/aromatic N) is 2. The highest BCUT2D eigenvalue weighted by Crippen LogP contribution is 2.45. The van der Waals surface area contributed by atoms with Gasteiger partial charge in [0.2, 0.25) is 6.08 Å². The van der Waals surface area contributed by atoms with Crippen LogP contribution in [0.3, 0.4) is 0 Å². The molecule has 2 aliphatic rings. The fraction of sp³-hybridized carbons (Fsp3) is 0.533. The highest BCUT2D eigenvalue weighted by atomic mass is 16.1. The molecule has 2 fully saturated rings. The van der Waals surface area contributed by atoms with Crippen LogP contribution >= 0.6 is 0 Å². The lowest BCUT2D eigenvalue weighted by atomic mass is 9.71. The van der Waals surface area contributed by atoms with E-state index in [2.05, 4.69) is 41.2 Å². The number of likely N-dealkylation sites (tertiary alicyclic amines) is 1. The van der Waals surface area contributed by atoms with Crippen molar-refractivity contribution in [3.63, 3.8) is 0 Å². The van der Waals surface area contributed by atoms with Crippen LogP contribution in [-0.4, -0.2) is 31.1 Å². The number of hydrogen-bond donors (Lipinski definition) is 0. The van der Waals surface area contributed by atoms with Gasteiger partial charge in [0.15, 0.2) is 0 Å². The topological polar surface area (TPSA) is 32.7 Å². The van der Waals surface area contributed by atoms with Gasteiger partial charge in [-0.2, -0.15) is 4.99 Å². The molecule has 1 aromatic rings. The number of likely N-dealkylation sites (N-methyl/N-ethyl adjacent to an activating group) is 1. The van der Waals surface area contributed by atoms with Crippen LogP contribution in [0.5, 0.6) is 0 Å². The molecule has 1 saturated carbocycles. The molecule has 1 aliphatic heterocycles. The number of hydrogen-bond acceptors (Lipinski definition) is 3. The minimum Gasteiger partial charge on any atom is -0.305 e. The van der Waals surface area contributed by atoms with E-state index in [0.717, 1.165) is 32.4 Å². The van der Waals surface area contributed by atoms with E-state index in [-0.39, 0.29) is 5.54 Å². The van der Waals surface area contributed by atoms with Crippen LogP contribution in [0.15, 0.2) is 29.3 Å². The Bertz CT molecular complexity index is 495. The predicted molar refractivity (Wildman–Crippen MR) is 70.3 cm³/mol. The Balaban J connectivity index is 1.88. The van der Waals surface area contributed by atoms with Crippen molar-refractivity contribution in [3.8, 4) is 0 Å². The van der Waals surface area contributed by atoms with E-state index in [1.54, 1.807) is 6.08 Å². The number of isocyanates is 1. The molecule has 0 atom stereocenters. The Labute approximate surface area is 108 Å². The molecule has 0 radical (unpaired) electrons. The normalized spacial score (nSPS) is 22.7. The van der Waals surface area contributed by atoms with Crippen LogP contribution in [0, 0.1) is 0 Å². The van der Waals surface area contributed by atoms with Gasteiger partial charge in [0.05, 0.1) is 5.54 Å². The minimum absolute atomic E-state index is 0.257. The molecule has 18 heavy (non-hydrogen) atoms. The second kappa shape index (κ2) is 4.34. The van der Waals surface area contributed by atoms with Gasteiger partial charge in [-0.05, 0) is 37.4 Å². The first-order valence-electron chi connectivity index (χ1n) is 6.61. The van der Waals surface area contributed by atoms with E-state index < -0.39 is 0 Å². The molecule has 3 nitrogen and oxygen atoms in total. The molecule has 3 heteroatoms. The summed E-state index contributed by atoms with van der Waals surface area (Å²) in [6.45, 7) is 2.26. The zero-order valence-electron chi connectivity index (χ0n) is 10.7. The lowest BCUT2D eigenvalue weighted by molar-refractivity contribution is 0.189. The second-order valence-corrected chi connectivity index (χ2v) is 5.63. The van der Waals surface area contributed by atoms with Crippen molar-refractivity contribution in [2.45, 2.75) is 30.7 Å². The van der Waals surface area contributed by atoms with Crippen molar-refractivity contribution in [2.24, 2.45) is 4.99 Å². The van der Waals surface area contributed by atoms with Gasteiger partial charge in [-0.15, -0.1) is 0 Å². The van der Waals surface area contributed by atoms with Crippen LogP contribution in [0.25, 0.3) is 0 Å². The third-order valence-electron chi connectivity index (χ3n) is 4.40. The highest BCUT2D eigenvalue weighted by Gasteiger charge is 2.39. The van der Waals surface area contributed by atoms with Crippen LogP contribution in [0.1, 0.15) is 36.3 Å². The van der Waals surface area contributed by atoms with E-state index in [4.69, 9.17) is 0 Å². The fourth-order valence-electron chi connectivity index (χ4n) is 3.06. The van der Waals surface area contributed by atoms with Crippen LogP contribution in [0.2, 0.25) is 0 Å². The van der Waals surface area contributed by atoms with Gasteiger partial charge in [-0.3, -0.25) is 0 Å². The fourth-order valence-corrected chi connectivity index (χ4v) is 3.06. The van der Waals surface area contributed by atoms with E-state index in [1.165, 1.54) is 11.1 Å².